The van der Waals surface area contributed by atoms with Crippen LogP contribution in [0.2, 0.25) is 0 Å². The monoisotopic (exact) mass is 347 g/mol. The van der Waals surface area contributed by atoms with E-state index in [0.717, 1.165) is 38.2 Å². The minimum atomic E-state index is -0.309. The van der Waals surface area contributed by atoms with Crippen LogP contribution in [0.5, 0.6) is 0 Å². The van der Waals surface area contributed by atoms with Gasteiger partial charge in [-0.05, 0) is 32.7 Å². The molecule has 4 aromatic rings. The van der Waals surface area contributed by atoms with Crippen LogP contribution in [0.3, 0.4) is 0 Å². The molecule has 5 rings (SSSR count). The second kappa shape index (κ2) is 6.22. The molecule has 0 fully saturated rings. The van der Waals surface area contributed by atoms with E-state index in [9.17, 15) is 4.79 Å². The molecule has 0 N–H and O–H groups in total. The van der Waals surface area contributed by atoms with Crippen LogP contribution in [0.1, 0.15) is 11.1 Å². The zero-order valence-electron chi connectivity index (χ0n) is 14.5. The Morgan fingerprint density at radius 3 is 1.85 bits per heavy atom. The Morgan fingerprint density at radius 2 is 1.15 bits per heavy atom. The summed E-state index contributed by atoms with van der Waals surface area (Å²) in [6.07, 6.45) is 1.69. The molecular formula is C24H15N2O. The van der Waals surface area contributed by atoms with E-state index in [2.05, 4.69) is 40.9 Å². The minimum Gasteiger partial charge on any atom is -0.265 e. The molecule has 0 unspecified atom stereocenters. The molecule has 27 heavy (non-hydrogen) atoms. The average molecular weight is 347 g/mol. The van der Waals surface area contributed by atoms with Gasteiger partial charge in [0, 0.05) is 5.57 Å². The van der Waals surface area contributed by atoms with Gasteiger partial charge in [-0.25, -0.2) is 0 Å². The third-order valence-corrected chi connectivity index (χ3v) is 4.96. The van der Waals surface area contributed by atoms with Crippen LogP contribution >= 0.6 is 0 Å². The molecule has 3 nitrogen and oxygen atoms in total. The fourth-order valence-electron chi connectivity index (χ4n) is 3.74. The summed E-state index contributed by atoms with van der Waals surface area (Å²) < 4.78 is 0. The quantitative estimate of drug-likeness (QED) is 0.501. The number of fused-ring (bicyclic) bond motifs is 2. The molecule has 1 radical (unpaired) electrons. The molecule has 1 aliphatic rings. The summed E-state index contributed by atoms with van der Waals surface area (Å²) >= 11 is 0. The van der Waals surface area contributed by atoms with Gasteiger partial charge >= 0.3 is 0 Å². The van der Waals surface area contributed by atoms with Crippen LogP contribution in [0.25, 0.3) is 32.7 Å². The van der Waals surface area contributed by atoms with Crippen LogP contribution in [-0.4, -0.2) is 12.1 Å². The number of benzene rings is 4. The fraction of sp³-hybridized carbons (Fsp3) is 0. The van der Waals surface area contributed by atoms with Gasteiger partial charge in [0.05, 0.1) is 11.8 Å². The molecule has 1 heterocycles. The van der Waals surface area contributed by atoms with E-state index in [0.29, 0.717) is 5.57 Å². The van der Waals surface area contributed by atoms with Crippen molar-refractivity contribution in [3.63, 3.8) is 0 Å². The second-order valence-electron chi connectivity index (χ2n) is 6.49. The second-order valence-corrected chi connectivity index (χ2v) is 6.49. The topological polar surface area (TPSA) is 43.5 Å². The fourth-order valence-corrected chi connectivity index (χ4v) is 3.74. The van der Waals surface area contributed by atoms with E-state index in [1.54, 1.807) is 6.21 Å². The number of carbonyl (C=O) groups excluding carboxylic acids is 1. The van der Waals surface area contributed by atoms with Gasteiger partial charge in [0.15, 0.2) is 0 Å². The molecule has 0 aliphatic carbocycles. The maximum atomic E-state index is 12.8. The summed E-state index contributed by atoms with van der Waals surface area (Å²) in [6, 6.07) is 28.4. The Morgan fingerprint density at radius 1 is 0.593 bits per heavy atom. The highest BCUT2D eigenvalue weighted by molar-refractivity contribution is 6.40. The van der Waals surface area contributed by atoms with Crippen molar-refractivity contribution >= 4 is 44.8 Å². The Bertz CT molecular complexity index is 1260. The molecule has 4 aromatic carbocycles. The van der Waals surface area contributed by atoms with E-state index in [1.807, 2.05) is 54.6 Å². The Balaban J connectivity index is 1.87. The van der Waals surface area contributed by atoms with Gasteiger partial charge in [-0.1, -0.05) is 84.9 Å². The lowest BCUT2D eigenvalue weighted by Crippen LogP contribution is -2.18. The number of allylic oxidation sites excluding steroid dienone is 1. The van der Waals surface area contributed by atoms with E-state index in [1.165, 1.54) is 0 Å². The summed E-state index contributed by atoms with van der Waals surface area (Å²) in [4.78, 5) is 12.8. The van der Waals surface area contributed by atoms with Crippen LogP contribution in [0, 0.1) is 0 Å². The number of nitrogens with zero attached hydrogens (tertiary/aromatic N) is 2. The van der Waals surface area contributed by atoms with Crippen molar-refractivity contribution in [1.29, 1.82) is 0 Å². The van der Waals surface area contributed by atoms with E-state index < -0.39 is 0 Å². The number of hydrogen-bond donors (Lipinski definition) is 0. The zero-order chi connectivity index (χ0) is 18.2. The van der Waals surface area contributed by atoms with Gasteiger partial charge in [0.25, 0.3) is 5.91 Å². The molecule has 3 heteroatoms. The van der Waals surface area contributed by atoms with Gasteiger partial charge in [-0.3, -0.25) is 4.79 Å². The van der Waals surface area contributed by atoms with Gasteiger partial charge in [0.1, 0.15) is 0 Å². The molecule has 0 saturated carbocycles. The molecule has 1 amide bonds. The average Bonchev–Trinajstić information content (AvgIpc) is 2.73. The minimum absolute atomic E-state index is 0.309. The molecule has 0 bridgehead atoms. The van der Waals surface area contributed by atoms with Crippen LogP contribution in [0.15, 0.2) is 90.0 Å². The van der Waals surface area contributed by atoms with Gasteiger partial charge in [-0.15, -0.1) is 5.43 Å². The largest absolute Gasteiger partial charge is 0.296 e. The summed E-state index contributed by atoms with van der Waals surface area (Å²) in [7, 11) is 0. The van der Waals surface area contributed by atoms with Crippen molar-refractivity contribution in [3.05, 3.63) is 96.1 Å². The van der Waals surface area contributed by atoms with Gasteiger partial charge in [-0.2, -0.15) is 5.10 Å². The third kappa shape index (κ3) is 2.52. The van der Waals surface area contributed by atoms with Crippen molar-refractivity contribution < 1.29 is 4.79 Å². The standard InChI is InChI=1S/C24H15N2O/c27-24-23(21-14-6-10-17-8-2-4-12-19(17)21)22(15-25-26-24)20-13-5-9-16-7-1-3-11-18(16)20/h1-15H. The molecule has 127 valence electrons. The van der Waals surface area contributed by atoms with Gasteiger partial charge < -0.3 is 0 Å². The summed E-state index contributed by atoms with van der Waals surface area (Å²) in [5.41, 5.74) is 7.10. The van der Waals surface area contributed by atoms with E-state index in [4.69, 9.17) is 0 Å². The van der Waals surface area contributed by atoms with Crippen molar-refractivity contribution in [2.75, 3.05) is 0 Å². The number of carbonyl (C=O) groups is 1. The number of rotatable bonds is 2. The first-order valence-electron chi connectivity index (χ1n) is 8.82. The lowest BCUT2D eigenvalue weighted by atomic mass is 9.89. The molecule has 0 atom stereocenters. The van der Waals surface area contributed by atoms with Crippen LogP contribution in [0.4, 0.5) is 0 Å². The summed E-state index contributed by atoms with van der Waals surface area (Å²) in [5.74, 6) is -0.309. The highest BCUT2D eigenvalue weighted by Crippen LogP contribution is 2.35. The van der Waals surface area contributed by atoms with Crippen molar-refractivity contribution in [1.82, 2.24) is 5.43 Å². The summed E-state index contributed by atoms with van der Waals surface area (Å²) in [6.45, 7) is 0. The van der Waals surface area contributed by atoms with E-state index in [-0.39, 0.29) is 5.91 Å². The lowest BCUT2D eigenvalue weighted by Gasteiger charge is -2.17. The first-order valence-corrected chi connectivity index (χ1v) is 8.82. The Labute approximate surface area is 156 Å². The number of amides is 1. The maximum Gasteiger partial charge on any atom is 0.296 e. The zero-order valence-corrected chi connectivity index (χ0v) is 14.5. The Hall–Kier alpha value is -3.72. The Kier molecular flexibility index (Phi) is 3.58. The molecule has 0 spiro atoms. The maximum absolute atomic E-state index is 12.8. The van der Waals surface area contributed by atoms with E-state index >= 15 is 0 Å². The molecule has 0 aromatic heterocycles. The predicted octanol–water partition coefficient (Wildman–Crippen LogP) is 5.03. The molecule has 1 aliphatic heterocycles. The third-order valence-electron chi connectivity index (χ3n) is 4.96. The molecular weight excluding hydrogens is 332 g/mol. The summed E-state index contributed by atoms with van der Waals surface area (Å²) in [5, 5.41) is 8.32. The van der Waals surface area contributed by atoms with Crippen LogP contribution in [-0.2, 0) is 4.79 Å². The first kappa shape index (κ1) is 15.5. The molecule has 0 saturated heterocycles. The van der Waals surface area contributed by atoms with Crippen molar-refractivity contribution in [3.8, 4) is 0 Å². The van der Waals surface area contributed by atoms with Crippen LogP contribution < -0.4 is 5.43 Å². The number of hydrogen-bond acceptors (Lipinski definition) is 2. The highest BCUT2D eigenvalue weighted by atomic mass is 16.2. The van der Waals surface area contributed by atoms with Crippen molar-refractivity contribution in [2.24, 2.45) is 5.10 Å². The predicted molar refractivity (Wildman–Crippen MR) is 110 cm³/mol. The van der Waals surface area contributed by atoms with Gasteiger partial charge in [0.2, 0.25) is 0 Å². The normalized spacial score (nSPS) is 14.0. The SMILES string of the molecule is O=C1[N]N=CC(c2cccc3ccccc23)=C1c1cccc2ccccc12. The smallest absolute Gasteiger partial charge is 0.265 e. The first-order chi connectivity index (χ1) is 13.3. The van der Waals surface area contributed by atoms with Crippen molar-refractivity contribution in [2.45, 2.75) is 0 Å². The lowest BCUT2D eigenvalue weighted by molar-refractivity contribution is -0.115. The highest BCUT2D eigenvalue weighted by Gasteiger charge is 2.24.